The van der Waals surface area contributed by atoms with Gasteiger partial charge in [-0.05, 0) is 36.6 Å². The van der Waals surface area contributed by atoms with Crippen molar-refractivity contribution in [2.75, 3.05) is 18.4 Å². The number of carbonyl (C=O) groups excluding carboxylic acids is 1. The van der Waals surface area contributed by atoms with Gasteiger partial charge < -0.3 is 10.6 Å². The molecule has 0 spiro atoms. The molecule has 0 fully saturated rings. The minimum absolute atomic E-state index is 0.0567. The van der Waals surface area contributed by atoms with E-state index in [-0.39, 0.29) is 5.91 Å². The molecule has 2 rings (SSSR count). The predicted octanol–water partition coefficient (Wildman–Crippen LogP) is 2.96. The maximum Gasteiger partial charge on any atom is 0.251 e. The van der Waals surface area contributed by atoms with E-state index in [9.17, 15) is 4.79 Å². The van der Waals surface area contributed by atoms with Crippen molar-refractivity contribution < 1.29 is 4.79 Å². The molecule has 0 atom stereocenters. The lowest BCUT2D eigenvalue weighted by atomic mass is 10.1. The zero-order valence-electron chi connectivity index (χ0n) is 11.1. The predicted molar refractivity (Wildman–Crippen MR) is 75.1 cm³/mol. The van der Waals surface area contributed by atoms with Crippen LogP contribution in [0.1, 0.15) is 48.5 Å². The Morgan fingerprint density at radius 2 is 2.22 bits per heavy atom. The molecule has 0 saturated heterocycles. The molecule has 1 amide bonds. The van der Waals surface area contributed by atoms with E-state index < -0.39 is 0 Å². The van der Waals surface area contributed by atoms with Crippen LogP contribution in [0, 0.1) is 0 Å². The number of anilines is 1. The van der Waals surface area contributed by atoms with E-state index in [1.54, 1.807) is 0 Å². The van der Waals surface area contributed by atoms with Crippen LogP contribution in [0.15, 0.2) is 18.2 Å². The molecule has 2 N–H and O–H groups in total. The summed E-state index contributed by atoms with van der Waals surface area (Å²) in [6.45, 7) is 3.96. The fourth-order valence-electron chi connectivity index (χ4n) is 2.30. The fraction of sp³-hybridized carbons (Fsp3) is 0.533. The first-order chi connectivity index (χ1) is 8.81. The molecule has 98 valence electrons. The summed E-state index contributed by atoms with van der Waals surface area (Å²) < 4.78 is 0. The number of fused-ring (bicyclic) bond motifs is 1. The topological polar surface area (TPSA) is 41.1 Å². The lowest BCUT2D eigenvalue weighted by molar-refractivity contribution is 0.0953. The SMILES string of the molecule is CCCCCCNC(=O)c1ccc2c(c1)CCN2. The van der Waals surface area contributed by atoms with Gasteiger partial charge in [-0.25, -0.2) is 0 Å². The Morgan fingerprint density at radius 3 is 3.06 bits per heavy atom. The highest BCUT2D eigenvalue weighted by Gasteiger charge is 2.12. The quantitative estimate of drug-likeness (QED) is 0.758. The van der Waals surface area contributed by atoms with E-state index >= 15 is 0 Å². The van der Waals surface area contributed by atoms with Crippen molar-refractivity contribution in [2.24, 2.45) is 0 Å². The van der Waals surface area contributed by atoms with E-state index in [2.05, 4.69) is 17.6 Å². The molecule has 1 aliphatic rings. The van der Waals surface area contributed by atoms with Gasteiger partial charge in [0.25, 0.3) is 5.91 Å². The van der Waals surface area contributed by atoms with Crippen molar-refractivity contribution in [2.45, 2.75) is 39.0 Å². The summed E-state index contributed by atoms with van der Waals surface area (Å²) in [6.07, 6.45) is 5.77. The van der Waals surface area contributed by atoms with Crippen LogP contribution >= 0.6 is 0 Å². The summed E-state index contributed by atoms with van der Waals surface area (Å²) in [5.74, 6) is 0.0567. The van der Waals surface area contributed by atoms with Crippen molar-refractivity contribution >= 4 is 11.6 Å². The summed E-state index contributed by atoms with van der Waals surface area (Å²) in [5, 5.41) is 6.29. The third-order valence-corrected chi connectivity index (χ3v) is 3.39. The van der Waals surface area contributed by atoms with Gasteiger partial charge in [0, 0.05) is 24.3 Å². The van der Waals surface area contributed by atoms with Crippen LogP contribution in [0.5, 0.6) is 0 Å². The second-order valence-electron chi connectivity index (χ2n) is 4.87. The number of rotatable bonds is 6. The molecule has 3 heteroatoms. The molecule has 0 saturated carbocycles. The second kappa shape index (κ2) is 6.43. The number of benzene rings is 1. The molecule has 0 aromatic heterocycles. The van der Waals surface area contributed by atoms with E-state index in [0.29, 0.717) is 0 Å². The molecule has 1 aliphatic heterocycles. The standard InChI is InChI=1S/C15H22N2O/c1-2-3-4-5-9-17-15(18)13-6-7-14-12(11-13)8-10-16-14/h6-7,11,16H,2-5,8-10H2,1H3,(H,17,18). The van der Waals surface area contributed by atoms with Gasteiger partial charge in [0.1, 0.15) is 0 Å². The summed E-state index contributed by atoms with van der Waals surface area (Å²) in [6, 6.07) is 5.92. The molecule has 1 heterocycles. The molecule has 3 nitrogen and oxygen atoms in total. The average molecular weight is 246 g/mol. The maximum atomic E-state index is 11.9. The van der Waals surface area contributed by atoms with E-state index in [4.69, 9.17) is 0 Å². The first-order valence-corrected chi connectivity index (χ1v) is 6.96. The molecule has 0 radical (unpaired) electrons. The Hall–Kier alpha value is -1.51. The first kappa shape index (κ1) is 12.9. The van der Waals surface area contributed by atoms with Gasteiger partial charge in [0.15, 0.2) is 0 Å². The van der Waals surface area contributed by atoms with Gasteiger partial charge in [-0.3, -0.25) is 4.79 Å². The molecular formula is C15H22N2O. The van der Waals surface area contributed by atoms with Crippen LogP contribution in [-0.4, -0.2) is 19.0 Å². The molecule has 0 aliphatic carbocycles. The Morgan fingerprint density at radius 1 is 1.33 bits per heavy atom. The van der Waals surface area contributed by atoms with Gasteiger partial charge >= 0.3 is 0 Å². The number of hydrogen-bond donors (Lipinski definition) is 2. The van der Waals surface area contributed by atoms with Crippen molar-refractivity contribution in [3.63, 3.8) is 0 Å². The van der Waals surface area contributed by atoms with Gasteiger partial charge in [-0.15, -0.1) is 0 Å². The Balaban J connectivity index is 1.82. The van der Waals surface area contributed by atoms with Crippen molar-refractivity contribution in [3.8, 4) is 0 Å². The highest BCUT2D eigenvalue weighted by molar-refractivity contribution is 5.95. The molecular weight excluding hydrogens is 224 g/mol. The minimum atomic E-state index is 0.0567. The third-order valence-electron chi connectivity index (χ3n) is 3.39. The molecule has 1 aromatic rings. The lowest BCUT2D eigenvalue weighted by Crippen LogP contribution is -2.24. The van der Waals surface area contributed by atoms with Crippen LogP contribution < -0.4 is 10.6 Å². The number of amides is 1. The van der Waals surface area contributed by atoms with Crippen molar-refractivity contribution in [3.05, 3.63) is 29.3 Å². The van der Waals surface area contributed by atoms with Crippen LogP contribution in [0.4, 0.5) is 5.69 Å². The van der Waals surface area contributed by atoms with Crippen LogP contribution in [0.2, 0.25) is 0 Å². The number of unbranched alkanes of at least 4 members (excludes halogenated alkanes) is 3. The van der Waals surface area contributed by atoms with Gasteiger partial charge in [-0.2, -0.15) is 0 Å². The Bertz CT molecular complexity index is 415. The number of carbonyl (C=O) groups is 1. The largest absolute Gasteiger partial charge is 0.384 e. The van der Waals surface area contributed by atoms with E-state index in [0.717, 1.165) is 31.5 Å². The Kier molecular flexibility index (Phi) is 4.62. The van der Waals surface area contributed by atoms with E-state index in [1.165, 1.54) is 30.5 Å². The van der Waals surface area contributed by atoms with Crippen molar-refractivity contribution in [1.29, 1.82) is 0 Å². The molecule has 0 bridgehead atoms. The van der Waals surface area contributed by atoms with Crippen molar-refractivity contribution in [1.82, 2.24) is 5.32 Å². The molecule has 18 heavy (non-hydrogen) atoms. The van der Waals surface area contributed by atoms with Crippen LogP contribution in [0.25, 0.3) is 0 Å². The van der Waals surface area contributed by atoms with Gasteiger partial charge in [0.05, 0.1) is 0 Å². The monoisotopic (exact) mass is 246 g/mol. The first-order valence-electron chi connectivity index (χ1n) is 6.96. The zero-order chi connectivity index (χ0) is 12.8. The lowest BCUT2D eigenvalue weighted by Gasteiger charge is -2.06. The van der Waals surface area contributed by atoms with Gasteiger partial charge in [-0.1, -0.05) is 26.2 Å². The van der Waals surface area contributed by atoms with Crippen LogP contribution in [-0.2, 0) is 6.42 Å². The maximum absolute atomic E-state index is 11.9. The summed E-state index contributed by atoms with van der Waals surface area (Å²) >= 11 is 0. The minimum Gasteiger partial charge on any atom is -0.384 e. The number of nitrogens with one attached hydrogen (secondary N) is 2. The number of hydrogen-bond acceptors (Lipinski definition) is 2. The van der Waals surface area contributed by atoms with Gasteiger partial charge in [0.2, 0.25) is 0 Å². The van der Waals surface area contributed by atoms with E-state index in [1.807, 2.05) is 18.2 Å². The highest BCUT2D eigenvalue weighted by atomic mass is 16.1. The fourth-order valence-corrected chi connectivity index (χ4v) is 2.30. The smallest absolute Gasteiger partial charge is 0.251 e. The summed E-state index contributed by atoms with van der Waals surface area (Å²) in [5.41, 5.74) is 3.22. The third kappa shape index (κ3) is 3.25. The normalized spacial score (nSPS) is 12.9. The summed E-state index contributed by atoms with van der Waals surface area (Å²) in [7, 11) is 0. The molecule has 0 unspecified atom stereocenters. The highest BCUT2D eigenvalue weighted by Crippen LogP contribution is 2.22. The molecule has 1 aromatic carbocycles. The summed E-state index contributed by atoms with van der Waals surface area (Å²) in [4.78, 5) is 11.9. The second-order valence-corrected chi connectivity index (χ2v) is 4.87. The Labute approximate surface area is 109 Å². The van der Waals surface area contributed by atoms with Crippen LogP contribution in [0.3, 0.4) is 0 Å². The zero-order valence-corrected chi connectivity index (χ0v) is 11.1. The average Bonchev–Trinajstić information content (AvgIpc) is 2.85.